The number of hydrogen-bond acceptors (Lipinski definition) is 2. The molecule has 22 heavy (non-hydrogen) atoms. The van der Waals surface area contributed by atoms with E-state index in [9.17, 15) is 9.59 Å². The fourth-order valence-electron chi connectivity index (χ4n) is 3.79. The van der Waals surface area contributed by atoms with Gasteiger partial charge in [0.15, 0.2) is 0 Å². The molecule has 0 unspecified atom stereocenters. The SMILES string of the molecule is O=C(NCC(=O)N1CC[C@@H]2CCCC[C@H]2C1)c1ccccc1. The molecule has 1 aliphatic heterocycles. The Morgan fingerprint density at radius 1 is 1.05 bits per heavy atom. The lowest BCUT2D eigenvalue weighted by molar-refractivity contribution is -0.133. The monoisotopic (exact) mass is 300 g/mol. The van der Waals surface area contributed by atoms with E-state index in [2.05, 4.69) is 5.32 Å². The van der Waals surface area contributed by atoms with E-state index >= 15 is 0 Å². The fourth-order valence-corrected chi connectivity index (χ4v) is 3.79. The molecule has 0 bridgehead atoms. The smallest absolute Gasteiger partial charge is 0.251 e. The molecule has 118 valence electrons. The molecule has 1 heterocycles. The van der Waals surface area contributed by atoms with Crippen molar-refractivity contribution < 1.29 is 9.59 Å². The highest BCUT2D eigenvalue weighted by Gasteiger charge is 2.32. The van der Waals surface area contributed by atoms with Crippen LogP contribution in [0.25, 0.3) is 0 Å². The highest BCUT2D eigenvalue weighted by atomic mass is 16.2. The first kappa shape index (κ1) is 15.1. The zero-order valence-electron chi connectivity index (χ0n) is 13.0. The topological polar surface area (TPSA) is 49.4 Å². The van der Waals surface area contributed by atoms with Gasteiger partial charge in [-0.25, -0.2) is 0 Å². The Hall–Kier alpha value is -1.84. The lowest BCUT2D eigenvalue weighted by Gasteiger charge is -2.41. The zero-order valence-corrected chi connectivity index (χ0v) is 13.0. The molecule has 4 heteroatoms. The summed E-state index contributed by atoms with van der Waals surface area (Å²) in [7, 11) is 0. The van der Waals surface area contributed by atoms with Gasteiger partial charge >= 0.3 is 0 Å². The molecule has 0 aromatic heterocycles. The highest BCUT2D eigenvalue weighted by Crippen LogP contribution is 2.35. The van der Waals surface area contributed by atoms with Gasteiger partial charge < -0.3 is 10.2 Å². The van der Waals surface area contributed by atoms with Crippen molar-refractivity contribution in [3.63, 3.8) is 0 Å². The third-order valence-electron chi connectivity index (χ3n) is 5.08. The summed E-state index contributed by atoms with van der Waals surface area (Å²) in [6, 6.07) is 9.03. The lowest BCUT2D eigenvalue weighted by Crippen LogP contribution is -2.48. The molecule has 0 radical (unpaired) electrons. The highest BCUT2D eigenvalue weighted by molar-refractivity contribution is 5.96. The van der Waals surface area contributed by atoms with E-state index < -0.39 is 0 Å². The van der Waals surface area contributed by atoms with Gasteiger partial charge in [-0.2, -0.15) is 0 Å². The Kier molecular flexibility index (Phi) is 4.76. The third kappa shape index (κ3) is 3.49. The molecule has 1 aromatic carbocycles. The molecular weight excluding hydrogens is 276 g/mol. The molecule has 4 nitrogen and oxygen atoms in total. The maximum absolute atomic E-state index is 12.3. The standard InChI is InChI=1S/C18H24N2O2/c21-17(12-19-18(22)15-7-2-1-3-8-15)20-11-10-14-6-4-5-9-16(14)13-20/h1-3,7-8,14,16H,4-6,9-13H2,(H,19,22)/t14-,16-/m0/s1. The van der Waals surface area contributed by atoms with Crippen LogP contribution in [0.5, 0.6) is 0 Å². The number of likely N-dealkylation sites (tertiary alicyclic amines) is 1. The first-order chi connectivity index (χ1) is 10.7. The first-order valence-corrected chi connectivity index (χ1v) is 8.35. The summed E-state index contributed by atoms with van der Waals surface area (Å²) in [6.45, 7) is 1.83. The predicted molar refractivity (Wildman–Crippen MR) is 85.4 cm³/mol. The number of benzene rings is 1. The van der Waals surface area contributed by atoms with E-state index in [0.717, 1.165) is 25.4 Å². The van der Waals surface area contributed by atoms with Crippen molar-refractivity contribution in [2.24, 2.45) is 11.8 Å². The van der Waals surface area contributed by atoms with Crippen molar-refractivity contribution in [3.05, 3.63) is 35.9 Å². The molecule has 2 atom stereocenters. The number of fused-ring (bicyclic) bond motifs is 1. The molecule has 0 spiro atoms. The Morgan fingerprint density at radius 2 is 1.77 bits per heavy atom. The van der Waals surface area contributed by atoms with Gasteiger partial charge in [0.05, 0.1) is 6.54 Å². The zero-order chi connectivity index (χ0) is 15.4. The molecule has 3 rings (SSSR count). The second-order valence-corrected chi connectivity index (χ2v) is 6.48. The minimum absolute atomic E-state index is 0.0494. The van der Waals surface area contributed by atoms with Crippen molar-refractivity contribution in [2.75, 3.05) is 19.6 Å². The number of carbonyl (C=O) groups excluding carboxylic acids is 2. The first-order valence-electron chi connectivity index (χ1n) is 8.35. The Bertz CT molecular complexity index is 529. The molecule has 1 N–H and O–H groups in total. The Labute approximate surface area is 131 Å². The molecular formula is C18H24N2O2. The van der Waals surface area contributed by atoms with Crippen LogP contribution in [-0.4, -0.2) is 36.3 Å². The number of rotatable bonds is 3. The summed E-state index contributed by atoms with van der Waals surface area (Å²) in [5.74, 6) is 1.36. The fraction of sp³-hybridized carbons (Fsp3) is 0.556. The van der Waals surface area contributed by atoms with Crippen molar-refractivity contribution in [2.45, 2.75) is 32.1 Å². The third-order valence-corrected chi connectivity index (χ3v) is 5.08. The molecule has 2 amide bonds. The van der Waals surface area contributed by atoms with E-state index in [-0.39, 0.29) is 18.4 Å². The molecule has 1 aliphatic carbocycles. The number of nitrogens with zero attached hydrogens (tertiary/aromatic N) is 1. The van der Waals surface area contributed by atoms with Gasteiger partial charge in [-0.1, -0.05) is 37.5 Å². The van der Waals surface area contributed by atoms with Crippen LogP contribution in [0, 0.1) is 11.8 Å². The van der Waals surface area contributed by atoms with Gasteiger partial charge in [-0.05, 0) is 36.8 Å². The van der Waals surface area contributed by atoms with Crippen molar-refractivity contribution in [1.82, 2.24) is 10.2 Å². The van der Waals surface area contributed by atoms with Crippen LogP contribution in [0.4, 0.5) is 0 Å². The van der Waals surface area contributed by atoms with E-state index in [1.807, 2.05) is 23.1 Å². The number of amides is 2. The van der Waals surface area contributed by atoms with Crippen molar-refractivity contribution in [1.29, 1.82) is 0 Å². The average molecular weight is 300 g/mol. The van der Waals surface area contributed by atoms with Crippen LogP contribution in [0.2, 0.25) is 0 Å². The van der Waals surface area contributed by atoms with Crippen molar-refractivity contribution in [3.8, 4) is 0 Å². The van der Waals surface area contributed by atoms with Gasteiger partial charge in [-0.3, -0.25) is 9.59 Å². The second kappa shape index (κ2) is 6.95. The van der Waals surface area contributed by atoms with Crippen LogP contribution in [0.3, 0.4) is 0 Å². The van der Waals surface area contributed by atoms with Gasteiger partial charge in [0, 0.05) is 18.7 Å². The minimum atomic E-state index is -0.179. The quantitative estimate of drug-likeness (QED) is 0.932. The Morgan fingerprint density at radius 3 is 2.55 bits per heavy atom. The van der Waals surface area contributed by atoms with Crippen LogP contribution in [-0.2, 0) is 4.79 Å². The van der Waals surface area contributed by atoms with E-state index in [1.54, 1.807) is 12.1 Å². The van der Waals surface area contributed by atoms with E-state index in [1.165, 1.54) is 25.7 Å². The number of carbonyl (C=O) groups is 2. The summed E-state index contributed by atoms with van der Waals surface area (Å²) < 4.78 is 0. The number of nitrogens with one attached hydrogen (secondary N) is 1. The largest absolute Gasteiger partial charge is 0.343 e. The van der Waals surface area contributed by atoms with Gasteiger partial charge in [0.2, 0.25) is 5.91 Å². The van der Waals surface area contributed by atoms with Crippen LogP contribution in [0.15, 0.2) is 30.3 Å². The van der Waals surface area contributed by atoms with Gasteiger partial charge in [0.1, 0.15) is 0 Å². The van der Waals surface area contributed by atoms with Crippen LogP contribution >= 0.6 is 0 Å². The van der Waals surface area contributed by atoms with E-state index in [4.69, 9.17) is 0 Å². The van der Waals surface area contributed by atoms with Gasteiger partial charge in [0.25, 0.3) is 5.91 Å². The molecule has 2 aliphatic rings. The Balaban J connectivity index is 1.49. The summed E-state index contributed by atoms with van der Waals surface area (Å²) >= 11 is 0. The second-order valence-electron chi connectivity index (χ2n) is 6.48. The average Bonchev–Trinajstić information content (AvgIpc) is 2.59. The lowest BCUT2D eigenvalue weighted by atomic mass is 9.75. The van der Waals surface area contributed by atoms with Crippen LogP contribution in [0.1, 0.15) is 42.5 Å². The normalized spacial score (nSPS) is 24.5. The molecule has 1 saturated heterocycles. The van der Waals surface area contributed by atoms with Crippen LogP contribution < -0.4 is 5.32 Å². The molecule has 1 saturated carbocycles. The summed E-state index contributed by atoms with van der Waals surface area (Å²) in [5, 5.41) is 2.74. The summed E-state index contributed by atoms with van der Waals surface area (Å²) in [5.41, 5.74) is 0.598. The summed E-state index contributed by atoms with van der Waals surface area (Å²) in [4.78, 5) is 26.2. The van der Waals surface area contributed by atoms with Crippen molar-refractivity contribution >= 4 is 11.8 Å². The molecule has 1 aromatic rings. The number of hydrogen-bond donors (Lipinski definition) is 1. The predicted octanol–water partition coefficient (Wildman–Crippen LogP) is 2.46. The molecule has 2 fully saturated rings. The number of piperidine rings is 1. The maximum atomic E-state index is 12.3. The maximum Gasteiger partial charge on any atom is 0.251 e. The van der Waals surface area contributed by atoms with E-state index in [0.29, 0.717) is 11.5 Å². The minimum Gasteiger partial charge on any atom is -0.343 e. The summed E-state index contributed by atoms with van der Waals surface area (Å²) in [6.07, 6.45) is 6.36. The van der Waals surface area contributed by atoms with Gasteiger partial charge in [-0.15, -0.1) is 0 Å².